The predicted octanol–water partition coefficient (Wildman–Crippen LogP) is 14.2. The maximum atomic E-state index is 7.72. The zero-order valence-corrected chi connectivity index (χ0v) is 47.9. The van der Waals surface area contributed by atoms with E-state index in [-0.39, 0.29) is 20.1 Å². The first-order valence-corrected chi connectivity index (χ1v) is 30.4. The Morgan fingerprint density at radius 1 is 0.225 bits per heavy atom. The molecular weight excluding hydrogens is 1090 g/mol. The summed E-state index contributed by atoms with van der Waals surface area (Å²) < 4.78 is 29.7. The second kappa shape index (κ2) is 19.5. The molecule has 0 saturated heterocycles. The number of anilines is 12. The minimum Gasteiger partial charge on any atom is -0.459 e. The van der Waals surface area contributed by atoms with Gasteiger partial charge in [-0.15, -0.1) is 0 Å². The summed E-state index contributed by atoms with van der Waals surface area (Å²) in [5.74, 6) is 6.38. The van der Waals surface area contributed by atoms with E-state index in [1.54, 1.807) is 0 Å². The lowest BCUT2D eigenvalue weighted by atomic mass is 9.29. The third-order valence-corrected chi connectivity index (χ3v) is 18.6. The molecule has 0 spiro atoms. The minimum atomic E-state index is -0.287. The molecule has 6 aliphatic heterocycles. The largest absolute Gasteiger partial charge is 0.459 e. The van der Waals surface area contributed by atoms with Gasteiger partial charge >= 0.3 is 0 Å². The van der Waals surface area contributed by atoms with E-state index in [9.17, 15) is 0 Å². The van der Waals surface area contributed by atoms with Gasteiger partial charge in [0.05, 0.1) is 11.4 Å². The Bertz CT molecular complexity index is 4950. The molecule has 6 aliphatic rings. The van der Waals surface area contributed by atoms with E-state index in [1.807, 2.05) is 0 Å². The normalized spacial score (nSPS) is 13.4. The van der Waals surface area contributed by atoms with Crippen molar-refractivity contribution in [3.05, 3.63) is 297 Å². The molecule has 0 unspecified atom stereocenters. The van der Waals surface area contributed by atoms with Crippen molar-refractivity contribution in [1.29, 1.82) is 0 Å². The highest BCUT2D eigenvalue weighted by atomic mass is 16.5. The lowest BCUT2D eigenvalue weighted by Crippen LogP contribution is -2.65. The number of hydrogen-bond donors (Lipinski definition) is 0. The molecule has 0 bridgehead atoms. The van der Waals surface area contributed by atoms with Crippen molar-refractivity contribution in [3.8, 4) is 46.0 Å². The van der Waals surface area contributed by atoms with E-state index in [0.29, 0.717) is 0 Å². The second-order valence-electron chi connectivity index (χ2n) is 23.4. The fourth-order valence-electron chi connectivity index (χ4n) is 15.0. The Kier molecular flexibility index (Phi) is 10.9. The Morgan fingerprint density at radius 2 is 0.573 bits per heavy atom. The van der Waals surface area contributed by atoms with Gasteiger partial charge in [0.15, 0.2) is 0 Å². The van der Waals surface area contributed by atoms with E-state index >= 15 is 0 Å². The molecule has 13 aromatic rings. The first-order chi connectivity index (χ1) is 44.2. The fraction of sp³-hybridized carbons (Fsp3) is 0. The summed E-state index contributed by atoms with van der Waals surface area (Å²) in [5.41, 5.74) is 21.8. The Morgan fingerprint density at radius 3 is 1.06 bits per heavy atom. The first-order valence-electron chi connectivity index (χ1n) is 30.4. The average molecular weight is 1140 g/mol. The van der Waals surface area contributed by atoms with Crippen molar-refractivity contribution in [1.82, 2.24) is 0 Å². The number of fused-ring (bicyclic) bond motifs is 13. The minimum absolute atomic E-state index is 0.196. The molecule has 89 heavy (non-hydrogen) atoms. The number of rotatable bonds is 8. The molecule has 414 valence electrons. The van der Waals surface area contributed by atoms with Crippen LogP contribution in [0.5, 0.6) is 46.0 Å². The summed E-state index contributed by atoms with van der Waals surface area (Å²) in [4.78, 5) is 9.47. The van der Waals surface area contributed by atoms with Gasteiger partial charge in [0, 0.05) is 86.6 Å². The smallest absolute Gasteiger partial charge is 0.261 e. The summed E-state index contributed by atoms with van der Waals surface area (Å²) in [7, 11) is 0. The summed E-state index contributed by atoms with van der Waals surface area (Å²) in [6.45, 7) is -0.755. The average Bonchev–Trinajstić information content (AvgIpc) is 0.747. The summed E-state index contributed by atoms with van der Waals surface area (Å²) in [6, 6.07) is 106. The fourth-order valence-corrected chi connectivity index (χ4v) is 15.0. The molecule has 8 nitrogen and oxygen atoms in total. The Balaban J connectivity index is 0.863. The van der Waals surface area contributed by atoms with E-state index < -0.39 is 0 Å². The van der Waals surface area contributed by atoms with Crippen LogP contribution < -0.4 is 87.7 Å². The predicted molar refractivity (Wildman–Crippen MR) is 365 cm³/mol. The number of hydrogen-bond acceptors (Lipinski definition) is 8. The second-order valence-corrected chi connectivity index (χ2v) is 23.4. The number of benzene rings is 13. The van der Waals surface area contributed by atoms with Crippen LogP contribution in [-0.4, -0.2) is 20.1 Å². The summed E-state index contributed by atoms with van der Waals surface area (Å²) >= 11 is 0. The highest BCUT2D eigenvalue weighted by molar-refractivity contribution is 7.03. The number of para-hydroxylation sites is 9. The first kappa shape index (κ1) is 49.7. The molecule has 0 saturated carbocycles. The van der Waals surface area contributed by atoms with Crippen LogP contribution in [0, 0.1) is 0 Å². The van der Waals surface area contributed by atoms with Crippen LogP contribution in [0.15, 0.2) is 297 Å². The molecule has 13 aromatic carbocycles. The Labute approximate surface area is 516 Å². The molecule has 11 heteroatoms. The maximum absolute atomic E-state index is 7.72. The zero-order valence-electron chi connectivity index (χ0n) is 47.9. The molecule has 6 heterocycles. The zero-order chi connectivity index (χ0) is 58.3. The molecule has 0 radical (unpaired) electrons. The van der Waals surface area contributed by atoms with Crippen molar-refractivity contribution in [2.24, 2.45) is 0 Å². The molecule has 0 aliphatic carbocycles. The summed E-state index contributed by atoms with van der Waals surface area (Å²) in [5, 5.41) is 0. The molecule has 0 amide bonds. The van der Waals surface area contributed by atoms with Gasteiger partial charge in [0.25, 0.3) is 20.1 Å². The van der Waals surface area contributed by atoms with Crippen molar-refractivity contribution >= 4 is 138 Å². The highest BCUT2D eigenvalue weighted by Gasteiger charge is 2.51. The van der Waals surface area contributed by atoms with Gasteiger partial charge in [0.2, 0.25) is 0 Å². The van der Waals surface area contributed by atoms with Crippen molar-refractivity contribution in [3.63, 3.8) is 0 Å². The third-order valence-electron chi connectivity index (χ3n) is 18.6. The summed E-state index contributed by atoms with van der Waals surface area (Å²) in [6.07, 6.45) is 0. The van der Waals surface area contributed by atoms with E-state index in [4.69, 9.17) is 18.9 Å². The molecule has 19 rings (SSSR count). The topological polar surface area (TPSA) is 49.9 Å². The van der Waals surface area contributed by atoms with E-state index in [0.717, 1.165) is 163 Å². The van der Waals surface area contributed by atoms with Crippen molar-refractivity contribution in [2.75, 3.05) is 19.6 Å². The Hall–Kier alpha value is -11.5. The number of nitrogens with zero attached hydrogens (tertiary/aromatic N) is 4. The molecular formula is C78H49B3N4O4. The maximum Gasteiger partial charge on any atom is 0.261 e. The molecule has 0 N–H and O–H groups in total. The van der Waals surface area contributed by atoms with Crippen LogP contribution in [0.25, 0.3) is 0 Å². The van der Waals surface area contributed by atoms with Gasteiger partial charge in [-0.1, -0.05) is 170 Å². The monoisotopic (exact) mass is 1140 g/mol. The van der Waals surface area contributed by atoms with Crippen LogP contribution in [-0.2, 0) is 0 Å². The van der Waals surface area contributed by atoms with Crippen LogP contribution >= 0.6 is 0 Å². The SMILES string of the molecule is c1ccc(N(c2ccccc2)c2cc3c4c(c2)N(c2ccccc2)c2cc5c(cc2B4c2ccccc2O3)B2c3ccccc3Oc3c2c(cc2c3B3c4ccccc4Oc4cc(N(c6ccccc6)c6ccccc6)cc(c43)N2c2ccccc2)O5)cc1. The number of ether oxygens (including phenoxy) is 4. The van der Waals surface area contributed by atoms with Gasteiger partial charge in [-0.2, -0.15) is 0 Å². The van der Waals surface area contributed by atoms with Crippen LogP contribution in [0.3, 0.4) is 0 Å². The highest BCUT2D eigenvalue weighted by Crippen LogP contribution is 2.51. The lowest BCUT2D eigenvalue weighted by Gasteiger charge is -2.44. The van der Waals surface area contributed by atoms with E-state index in [1.165, 1.54) is 0 Å². The van der Waals surface area contributed by atoms with Crippen LogP contribution in [0.1, 0.15) is 0 Å². The van der Waals surface area contributed by atoms with Crippen LogP contribution in [0.4, 0.5) is 68.2 Å². The standard InChI is InChI=1S/C78H49B3N4O4/c1-7-25-50(26-8-1)82(51-27-9-2-10-28-51)56-43-64-74-71(45-56)86-67-40-22-19-37-58(67)79(74)61-47-62-70(48-63(61)84(64)54-33-15-5-16-34-54)88-73-49-66-76(78-77(73)80(62)59-38-20-24-42-69(59)89-78)81-60-39-21-23-41-68(60)87-72-46-57(44-65(75(72)81)85(66)55-35-17-6-18-36-55)83(52-29-11-3-12-30-52)53-31-13-4-14-32-53/h1-49H. The van der Waals surface area contributed by atoms with Gasteiger partial charge in [-0.25, -0.2) is 0 Å². The van der Waals surface area contributed by atoms with Crippen molar-refractivity contribution < 1.29 is 18.9 Å². The van der Waals surface area contributed by atoms with Gasteiger partial charge < -0.3 is 38.5 Å². The third kappa shape index (κ3) is 7.52. The molecule has 0 fully saturated rings. The van der Waals surface area contributed by atoms with Gasteiger partial charge in [0.1, 0.15) is 46.0 Å². The molecule has 0 aromatic heterocycles. The van der Waals surface area contributed by atoms with Gasteiger partial charge in [-0.3, -0.25) is 0 Å². The lowest BCUT2D eigenvalue weighted by molar-refractivity contribution is 0.467. The van der Waals surface area contributed by atoms with Gasteiger partial charge in [-0.05, 0) is 147 Å². The van der Waals surface area contributed by atoms with Crippen molar-refractivity contribution in [2.45, 2.75) is 0 Å². The quantitative estimate of drug-likeness (QED) is 0.140. The van der Waals surface area contributed by atoms with E-state index in [2.05, 4.69) is 317 Å². The van der Waals surface area contributed by atoms with Crippen LogP contribution in [0.2, 0.25) is 0 Å². The molecule has 0 atom stereocenters.